The summed E-state index contributed by atoms with van der Waals surface area (Å²) in [6.45, 7) is 10.0. The van der Waals surface area contributed by atoms with E-state index in [1.54, 1.807) is 7.11 Å². The number of rotatable bonds is 5. The fourth-order valence-corrected chi connectivity index (χ4v) is 3.66. The van der Waals surface area contributed by atoms with Crippen LogP contribution in [0.4, 0.5) is 5.82 Å². The van der Waals surface area contributed by atoms with E-state index in [0.717, 1.165) is 50.9 Å². The highest BCUT2D eigenvalue weighted by Gasteiger charge is 2.51. The quantitative estimate of drug-likeness (QED) is 0.815. The maximum Gasteiger partial charge on any atom is 0.318 e. The molecule has 6 heteroatoms. The molecule has 2 aliphatic heterocycles. The molecule has 1 aromatic rings. The molecule has 2 saturated heterocycles. The highest BCUT2D eigenvalue weighted by Crippen LogP contribution is 2.43. The van der Waals surface area contributed by atoms with Gasteiger partial charge in [-0.25, -0.2) is 4.98 Å². The second kappa shape index (κ2) is 6.01. The Hall–Kier alpha value is -1.40. The minimum Gasteiger partial charge on any atom is -0.467 e. The topological polar surface area (TPSA) is 50.7 Å². The van der Waals surface area contributed by atoms with Gasteiger partial charge in [0.1, 0.15) is 5.82 Å². The van der Waals surface area contributed by atoms with Crippen molar-refractivity contribution < 1.29 is 9.47 Å². The highest BCUT2D eigenvalue weighted by molar-refractivity contribution is 5.43. The maximum atomic E-state index is 5.80. The Labute approximate surface area is 132 Å². The minimum absolute atomic E-state index is 0.219. The molecule has 0 aliphatic carbocycles. The van der Waals surface area contributed by atoms with E-state index in [2.05, 4.69) is 33.7 Å². The Balaban J connectivity index is 1.82. The van der Waals surface area contributed by atoms with Gasteiger partial charge < -0.3 is 19.3 Å². The zero-order valence-corrected chi connectivity index (χ0v) is 14.0. The van der Waals surface area contributed by atoms with E-state index in [9.17, 15) is 0 Å². The molecule has 0 unspecified atom stereocenters. The van der Waals surface area contributed by atoms with Crippen LogP contribution in [0.15, 0.2) is 6.07 Å². The van der Waals surface area contributed by atoms with Gasteiger partial charge in [-0.05, 0) is 20.5 Å². The number of fused-ring (bicyclic) bond motifs is 1. The van der Waals surface area contributed by atoms with Gasteiger partial charge >= 0.3 is 6.01 Å². The normalized spacial score (nSPS) is 27.5. The van der Waals surface area contributed by atoms with Crippen molar-refractivity contribution in [2.45, 2.75) is 13.8 Å². The third-order valence-corrected chi connectivity index (χ3v) is 4.97. The van der Waals surface area contributed by atoms with Gasteiger partial charge in [-0.15, -0.1) is 0 Å². The standard InChI is InChI=1S/C16H26N4O2/c1-5-19(3)9-16-10-20(7-13(16)8-22-11-16)14-6-12(2)17-15(18-14)21-4/h6,13H,5,7-11H2,1-4H3/t13-,16+/m1/s1. The zero-order valence-electron chi connectivity index (χ0n) is 14.0. The molecule has 0 radical (unpaired) electrons. The average molecular weight is 306 g/mol. The molecule has 0 N–H and O–H groups in total. The first kappa shape index (κ1) is 15.5. The first-order valence-electron chi connectivity index (χ1n) is 7.97. The van der Waals surface area contributed by atoms with E-state index in [0.29, 0.717) is 11.9 Å². The fourth-order valence-electron chi connectivity index (χ4n) is 3.66. The summed E-state index contributed by atoms with van der Waals surface area (Å²) in [5.74, 6) is 1.54. The summed E-state index contributed by atoms with van der Waals surface area (Å²) < 4.78 is 11.0. The monoisotopic (exact) mass is 306 g/mol. The number of methoxy groups -OCH3 is 1. The Morgan fingerprint density at radius 1 is 1.50 bits per heavy atom. The lowest BCUT2D eigenvalue weighted by atomic mass is 9.80. The van der Waals surface area contributed by atoms with E-state index in [-0.39, 0.29) is 5.41 Å². The number of ether oxygens (including phenoxy) is 2. The van der Waals surface area contributed by atoms with Crippen molar-refractivity contribution in [1.29, 1.82) is 0 Å². The second-order valence-corrected chi connectivity index (χ2v) is 6.64. The van der Waals surface area contributed by atoms with Crippen LogP contribution < -0.4 is 9.64 Å². The predicted molar refractivity (Wildman–Crippen MR) is 85.4 cm³/mol. The average Bonchev–Trinajstić information content (AvgIpc) is 3.02. The fraction of sp³-hybridized carbons (Fsp3) is 0.750. The van der Waals surface area contributed by atoms with Crippen molar-refractivity contribution in [1.82, 2.24) is 14.9 Å². The lowest BCUT2D eigenvalue weighted by Gasteiger charge is -2.31. The van der Waals surface area contributed by atoms with Crippen LogP contribution >= 0.6 is 0 Å². The number of aromatic nitrogens is 2. The Morgan fingerprint density at radius 2 is 2.32 bits per heavy atom. The van der Waals surface area contributed by atoms with Crippen LogP contribution in [-0.4, -0.2) is 68.4 Å². The molecule has 0 aromatic carbocycles. The molecule has 2 aliphatic rings. The van der Waals surface area contributed by atoms with E-state index in [4.69, 9.17) is 9.47 Å². The third kappa shape index (κ3) is 2.77. The van der Waals surface area contributed by atoms with Gasteiger partial charge in [0.15, 0.2) is 0 Å². The van der Waals surface area contributed by atoms with Gasteiger partial charge in [-0.1, -0.05) is 6.92 Å². The summed E-state index contributed by atoms with van der Waals surface area (Å²) in [5.41, 5.74) is 1.16. The number of hydrogen-bond donors (Lipinski definition) is 0. The summed E-state index contributed by atoms with van der Waals surface area (Å²) in [5, 5.41) is 0. The van der Waals surface area contributed by atoms with Crippen molar-refractivity contribution in [3.8, 4) is 6.01 Å². The molecule has 22 heavy (non-hydrogen) atoms. The first-order chi connectivity index (χ1) is 10.6. The van der Waals surface area contributed by atoms with Crippen LogP contribution in [0.2, 0.25) is 0 Å². The summed E-state index contributed by atoms with van der Waals surface area (Å²) in [7, 11) is 3.80. The molecule has 0 bridgehead atoms. The number of anilines is 1. The van der Waals surface area contributed by atoms with Crippen LogP contribution in [0.5, 0.6) is 6.01 Å². The minimum atomic E-state index is 0.219. The molecule has 2 fully saturated rings. The van der Waals surface area contributed by atoms with Gasteiger partial charge in [0.2, 0.25) is 0 Å². The van der Waals surface area contributed by atoms with E-state index >= 15 is 0 Å². The first-order valence-corrected chi connectivity index (χ1v) is 7.97. The number of aryl methyl sites for hydroxylation is 1. The van der Waals surface area contributed by atoms with Crippen LogP contribution in [0.3, 0.4) is 0 Å². The third-order valence-electron chi connectivity index (χ3n) is 4.97. The summed E-state index contributed by atoms with van der Waals surface area (Å²) >= 11 is 0. The van der Waals surface area contributed by atoms with Crippen LogP contribution in [0.1, 0.15) is 12.6 Å². The Bertz CT molecular complexity index is 539. The highest BCUT2D eigenvalue weighted by atomic mass is 16.5. The summed E-state index contributed by atoms with van der Waals surface area (Å²) in [6, 6.07) is 2.49. The predicted octanol–water partition coefficient (Wildman–Crippen LogP) is 1.20. The number of nitrogens with zero attached hydrogens (tertiary/aromatic N) is 4. The lowest BCUT2D eigenvalue weighted by molar-refractivity contribution is 0.128. The molecule has 6 nitrogen and oxygen atoms in total. The van der Waals surface area contributed by atoms with Crippen LogP contribution in [-0.2, 0) is 4.74 Å². The van der Waals surface area contributed by atoms with E-state index < -0.39 is 0 Å². The van der Waals surface area contributed by atoms with Gasteiger partial charge in [0.05, 0.1) is 20.3 Å². The zero-order chi connectivity index (χ0) is 15.7. The van der Waals surface area contributed by atoms with Gasteiger partial charge in [0, 0.05) is 42.7 Å². The second-order valence-electron chi connectivity index (χ2n) is 6.64. The molecule has 3 heterocycles. The van der Waals surface area contributed by atoms with Gasteiger partial charge in [-0.2, -0.15) is 4.98 Å². The van der Waals surface area contributed by atoms with Crippen LogP contribution in [0.25, 0.3) is 0 Å². The molecule has 122 valence electrons. The van der Waals surface area contributed by atoms with Gasteiger partial charge in [0.25, 0.3) is 0 Å². The van der Waals surface area contributed by atoms with Gasteiger partial charge in [-0.3, -0.25) is 0 Å². The summed E-state index contributed by atoms with van der Waals surface area (Å²) in [4.78, 5) is 13.6. The molecule has 2 atom stereocenters. The van der Waals surface area contributed by atoms with Crippen LogP contribution in [0, 0.1) is 18.3 Å². The maximum absolute atomic E-state index is 5.80. The molecule has 0 spiro atoms. The van der Waals surface area contributed by atoms with E-state index in [1.807, 2.05) is 13.0 Å². The molecule has 0 saturated carbocycles. The van der Waals surface area contributed by atoms with Crippen molar-refractivity contribution in [3.63, 3.8) is 0 Å². The smallest absolute Gasteiger partial charge is 0.318 e. The van der Waals surface area contributed by atoms with E-state index in [1.165, 1.54) is 0 Å². The number of hydrogen-bond acceptors (Lipinski definition) is 6. The molecular weight excluding hydrogens is 280 g/mol. The molecule has 0 amide bonds. The molecular formula is C16H26N4O2. The molecule has 3 rings (SSSR count). The van der Waals surface area contributed by atoms with Crippen molar-refractivity contribution >= 4 is 5.82 Å². The van der Waals surface area contributed by atoms with Crippen molar-refractivity contribution in [2.24, 2.45) is 11.3 Å². The largest absolute Gasteiger partial charge is 0.467 e. The van der Waals surface area contributed by atoms with Crippen molar-refractivity contribution in [2.75, 3.05) is 58.5 Å². The Morgan fingerprint density at radius 3 is 3.05 bits per heavy atom. The van der Waals surface area contributed by atoms with Crippen molar-refractivity contribution in [3.05, 3.63) is 11.8 Å². The Kier molecular flexibility index (Phi) is 4.23. The lowest BCUT2D eigenvalue weighted by Crippen LogP contribution is -2.41. The summed E-state index contributed by atoms with van der Waals surface area (Å²) in [6.07, 6.45) is 0. The molecule has 1 aromatic heterocycles. The SMILES string of the molecule is CCN(C)C[C@]12COC[C@H]1CN(c1cc(C)nc(OC)n1)C2.